The van der Waals surface area contributed by atoms with Crippen molar-refractivity contribution >= 4 is 61.1 Å². The molecular weight excluding hydrogens is 564 g/mol. The van der Waals surface area contributed by atoms with Crippen LogP contribution in [0.3, 0.4) is 0 Å². The SMILES string of the molecule is N#Cc1c(NC(=O)C(=O)NN=Cc2c(OCc3cccc(Br)c3)ccc3ccccc23)sc2c1CCCC2. The molecule has 0 spiro atoms. The van der Waals surface area contributed by atoms with Gasteiger partial charge in [0.25, 0.3) is 0 Å². The number of thiophene rings is 1. The van der Waals surface area contributed by atoms with Gasteiger partial charge in [-0.1, -0.05) is 58.4 Å². The number of hydrazone groups is 1. The molecule has 1 aromatic heterocycles. The molecule has 0 bridgehead atoms. The van der Waals surface area contributed by atoms with E-state index in [1.165, 1.54) is 17.6 Å². The number of nitrogens with one attached hydrogen (secondary N) is 2. The highest BCUT2D eigenvalue weighted by Crippen LogP contribution is 2.37. The molecule has 0 saturated carbocycles. The standard InChI is InChI=1S/C29H23BrN4O3S/c30-20-8-5-6-18(14-20)17-37-25-13-12-19-7-1-2-9-21(19)24(25)16-32-34-28(36)27(35)33-29-23(15-31)22-10-3-4-11-26(22)38-29/h1-2,5-9,12-14,16H,3-4,10-11,17H2,(H,33,35)(H,34,36). The second-order valence-corrected chi connectivity index (χ2v) is 10.8. The van der Waals surface area contributed by atoms with E-state index in [0.29, 0.717) is 28.5 Å². The van der Waals surface area contributed by atoms with Crippen LogP contribution in [0.25, 0.3) is 10.8 Å². The number of halogens is 1. The van der Waals surface area contributed by atoms with Gasteiger partial charge < -0.3 is 10.1 Å². The Kier molecular flexibility index (Phi) is 7.82. The van der Waals surface area contributed by atoms with E-state index in [1.54, 1.807) is 0 Å². The number of carbonyl (C=O) groups is 2. The number of carbonyl (C=O) groups excluding carboxylic acids is 2. The van der Waals surface area contributed by atoms with Crippen LogP contribution in [0.1, 0.15) is 40.0 Å². The highest BCUT2D eigenvalue weighted by atomic mass is 79.9. The van der Waals surface area contributed by atoms with Gasteiger partial charge in [-0.3, -0.25) is 9.59 Å². The first-order chi connectivity index (χ1) is 18.5. The van der Waals surface area contributed by atoms with E-state index >= 15 is 0 Å². The van der Waals surface area contributed by atoms with Crippen molar-refractivity contribution in [3.05, 3.63) is 92.3 Å². The molecule has 3 aromatic carbocycles. The van der Waals surface area contributed by atoms with Crippen molar-refractivity contribution in [2.75, 3.05) is 5.32 Å². The zero-order chi connectivity index (χ0) is 26.5. The summed E-state index contributed by atoms with van der Waals surface area (Å²) < 4.78 is 7.06. The van der Waals surface area contributed by atoms with Gasteiger partial charge in [0.1, 0.15) is 23.4 Å². The Balaban J connectivity index is 1.31. The molecule has 0 unspecified atom stereocenters. The van der Waals surface area contributed by atoms with Crippen LogP contribution in [0.15, 0.2) is 70.2 Å². The summed E-state index contributed by atoms with van der Waals surface area (Å²) in [7, 11) is 0. The summed E-state index contributed by atoms with van der Waals surface area (Å²) in [4.78, 5) is 26.2. The number of amides is 2. The zero-order valence-electron chi connectivity index (χ0n) is 20.3. The average Bonchev–Trinajstić information content (AvgIpc) is 3.29. The second-order valence-electron chi connectivity index (χ2n) is 8.80. The lowest BCUT2D eigenvalue weighted by Gasteiger charge is -2.12. The van der Waals surface area contributed by atoms with Gasteiger partial charge in [-0.15, -0.1) is 11.3 Å². The molecule has 2 N–H and O–H groups in total. The quantitative estimate of drug-likeness (QED) is 0.162. The molecule has 0 atom stereocenters. The molecular formula is C29H23BrN4O3S. The fraction of sp³-hybridized carbons (Fsp3) is 0.172. The summed E-state index contributed by atoms with van der Waals surface area (Å²) in [5.74, 6) is -1.20. The Morgan fingerprint density at radius 1 is 1.08 bits per heavy atom. The van der Waals surface area contributed by atoms with Crippen LogP contribution in [0.5, 0.6) is 5.75 Å². The number of hydrogen-bond donors (Lipinski definition) is 2. The number of ether oxygens (including phenoxy) is 1. The van der Waals surface area contributed by atoms with Crippen molar-refractivity contribution in [3.8, 4) is 11.8 Å². The Morgan fingerprint density at radius 3 is 2.76 bits per heavy atom. The number of anilines is 1. The zero-order valence-corrected chi connectivity index (χ0v) is 22.7. The van der Waals surface area contributed by atoms with Gasteiger partial charge in [0.05, 0.1) is 11.8 Å². The molecule has 0 radical (unpaired) electrons. The average molecular weight is 587 g/mol. The Bertz CT molecular complexity index is 1610. The van der Waals surface area contributed by atoms with Crippen molar-refractivity contribution in [2.45, 2.75) is 32.3 Å². The minimum absolute atomic E-state index is 0.347. The number of fused-ring (bicyclic) bond motifs is 2. The summed E-state index contributed by atoms with van der Waals surface area (Å²) in [6.45, 7) is 0.347. The summed E-state index contributed by atoms with van der Waals surface area (Å²) in [6.07, 6.45) is 5.26. The highest BCUT2D eigenvalue weighted by molar-refractivity contribution is 9.10. The largest absolute Gasteiger partial charge is 0.488 e. The van der Waals surface area contributed by atoms with E-state index in [0.717, 1.165) is 56.9 Å². The lowest BCUT2D eigenvalue weighted by Crippen LogP contribution is -2.32. The number of rotatable bonds is 6. The fourth-order valence-electron chi connectivity index (χ4n) is 4.46. The smallest absolute Gasteiger partial charge is 0.329 e. The first kappa shape index (κ1) is 25.6. The molecule has 0 saturated heterocycles. The van der Waals surface area contributed by atoms with Gasteiger partial charge in [0, 0.05) is 14.9 Å². The first-order valence-corrected chi connectivity index (χ1v) is 13.7. The van der Waals surface area contributed by atoms with Crippen LogP contribution in [0.2, 0.25) is 0 Å². The highest BCUT2D eigenvalue weighted by Gasteiger charge is 2.23. The lowest BCUT2D eigenvalue weighted by atomic mass is 9.96. The summed E-state index contributed by atoms with van der Waals surface area (Å²) in [6, 6.07) is 21.6. The molecule has 2 amide bonds. The van der Waals surface area contributed by atoms with Crippen LogP contribution >= 0.6 is 27.3 Å². The van der Waals surface area contributed by atoms with Crippen molar-refractivity contribution in [1.29, 1.82) is 5.26 Å². The Morgan fingerprint density at radius 2 is 1.92 bits per heavy atom. The van der Waals surface area contributed by atoms with Crippen molar-refractivity contribution in [3.63, 3.8) is 0 Å². The van der Waals surface area contributed by atoms with Gasteiger partial charge in [0.2, 0.25) is 0 Å². The van der Waals surface area contributed by atoms with Crippen LogP contribution in [0.4, 0.5) is 5.00 Å². The summed E-state index contributed by atoms with van der Waals surface area (Å²) in [5, 5.41) is 18.5. The molecule has 1 heterocycles. The second kappa shape index (κ2) is 11.6. The van der Waals surface area contributed by atoms with Crippen LogP contribution in [-0.4, -0.2) is 18.0 Å². The van der Waals surface area contributed by atoms with Gasteiger partial charge >= 0.3 is 11.8 Å². The predicted octanol–water partition coefficient (Wildman–Crippen LogP) is 6.08. The van der Waals surface area contributed by atoms with Gasteiger partial charge in [0.15, 0.2) is 0 Å². The normalized spacial score (nSPS) is 12.6. The molecule has 1 aliphatic carbocycles. The summed E-state index contributed by atoms with van der Waals surface area (Å²) in [5.41, 5.74) is 5.42. The van der Waals surface area contributed by atoms with E-state index in [-0.39, 0.29) is 0 Å². The molecule has 1 aliphatic rings. The molecule has 9 heteroatoms. The maximum atomic E-state index is 12.6. The number of nitrogens with zero attached hydrogens (tertiary/aromatic N) is 2. The minimum atomic E-state index is -0.923. The molecule has 5 rings (SSSR count). The van der Waals surface area contributed by atoms with E-state index in [1.807, 2.05) is 60.7 Å². The van der Waals surface area contributed by atoms with Crippen LogP contribution in [-0.2, 0) is 29.0 Å². The number of hydrogen-bond acceptors (Lipinski definition) is 6. The van der Waals surface area contributed by atoms with Crippen LogP contribution < -0.4 is 15.5 Å². The maximum Gasteiger partial charge on any atom is 0.329 e. The van der Waals surface area contributed by atoms with Gasteiger partial charge in [-0.05, 0) is 65.8 Å². The van der Waals surface area contributed by atoms with Gasteiger partial charge in [-0.2, -0.15) is 10.4 Å². The summed E-state index contributed by atoms with van der Waals surface area (Å²) >= 11 is 4.84. The fourth-order valence-corrected chi connectivity index (χ4v) is 6.14. The van der Waals surface area contributed by atoms with Crippen molar-refractivity contribution in [1.82, 2.24) is 5.43 Å². The monoisotopic (exact) mass is 586 g/mol. The third-order valence-electron chi connectivity index (χ3n) is 6.29. The van der Waals surface area contributed by atoms with E-state index in [9.17, 15) is 14.9 Å². The third kappa shape index (κ3) is 5.62. The molecule has 38 heavy (non-hydrogen) atoms. The Labute approximate surface area is 232 Å². The number of benzene rings is 3. The molecule has 0 aliphatic heterocycles. The van der Waals surface area contributed by atoms with E-state index in [2.05, 4.69) is 37.8 Å². The van der Waals surface area contributed by atoms with Crippen molar-refractivity contribution in [2.24, 2.45) is 5.10 Å². The topological polar surface area (TPSA) is 104 Å². The van der Waals surface area contributed by atoms with Crippen LogP contribution in [0, 0.1) is 11.3 Å². The predicted molar refractivity (Wildman–Crippen MR) is 152 cm³/mol. The Hall–Kier alpha value is -4.00. The minimum Gasteiger partial charge on any atom is -0.488 e. The lowest BCUT2D eigenvalue weighted by molar-refractivity contribution is -0.136. The van der Waals surface area contributed by atoms with E-state index in [4.69, 9.17) is 4.74 Å². The van der Waals surface area contributed by atoms with Gasteiger partial charge in [-0.25, -0.2) is 5.43 Å². The molecule has 7 nitrogen and oxygen atoms in total. The number of nitriles is 1. The molecule has 190 valence electrons. The first-order valence-electron chi connectivity index (χ1n) is 12.1. The molecule has 0 fully saturated rings. The maximum absolute atomic E-state index is 12.6. The molecule has 4 aromatic rings. The van der Waals surface area contributed by atoms with E-state index < -0.39 is 11.8 Å². The number of aryl methyl sites for hydroxylation is 1. The third-order valence-corrected chi connectivity index (χ3v) is 7.99. The van der Waals surface area contributed by atoms with Crippen molar-refractivity contribution < 1.29 is 14.3 Å².